The first-order valence-electron chi connectivity index (χ1n) is 9.96. The highest BCUT2D eigenvalue weighted by Crippen LogP contribution is 2.22. The number of aromatic nitrogens is 1. The summed E-state index contributed by atoms with van der Waals surface area (Å²) in [6.07, 6.45) is 2.51. The van der Waals surface area contributed by atoms with Gasteiger partial charge in [-0.1, -0.05) is 18.2 Å². The van der Waals surface area contributed by atoms with Crippen molar-refractivity contribution in [2.24, 2.45) is 0 Å². The summed E-state index contributed by atoms with van der Waals surface area (Å²) in [5.74, 6) is -0.891. The molecule has 4 amide bonds. The second-order valence-corrected chi connectivity index (χ2v) is 9.96. The quantitative estimate of drug-likeness (QED) is 0.650. The maximum Gasteiger partial charge on any atom is 0.325 e. The molecule has 2 saturated heterocycles. The van der Waals surface area contributed by atoms with Gasteiger partial charge in [0.05, 0.1) is 11.5 Å². The molecular formula is C20H24N4O5S. The predicted molar refractivity (Wildman–Crippen MR) is 110 cm³/mol. The van der Waals surface area contributed by atoms with Gasteiger partial charge in [-0.25, -0.2) is 13.2 Å². The topological polar surface area (TPSA) is 120 Å². The number of aromatic amines is 1. The monoisotopic (exact) mass is 432 g/mol. The largest absolute Gasteiger partial charge is 0.361 e. The number of H-pyrrole nitrogens is 1. The van der Waals surface area contributed by atoms with Gasteiger partial charge in [-0.05, 0) is 25.0 Å². The zero-order chi connectivity index (χ0) is 21.5. The molecule has 3 heterocycles. The second-order valence-electron chi connectivity index (χ2n) is 7.73. The van der Waals surface area contributed by atoms with Crippen LogP contribution >= 0.6 is 0 Å². The maximum atomic E-state index is 12.8. The van der Waals surface area contributed by atoms with E-state index in [1.807, 2.05) is 30.5 Å². The Balaban J connectivity index is 1.44. The molecule has 2 aliphatic heterocycles. The van der Waals surface area contributed by atoms with Crippen LogP contribution in [0.3, 0.4) is 0 Å². The average Bonchev–Trinajstić information content (AvgIpc) is 3.35. The zero-order valence-electron chi connectivity index (χ0n) is 16.6. The Morgan fingerprint density at radius 2 is 2.03 bits per heavy atom. The predicted octanol–water partition coefficient (Wildman–Crippen LogP) is 0.666. The van der Waals surface area contributed by atoms with E-state index in [0.29, 0.717) is 19.4 Å². The summed E-state index contributed by atoms with van der Waals surface area (Å²) >= 11 is 0. The summed E-state index contributed by atoms with van der Waals surface area (Å²) in [5, 5.41) is 3.64. The highest BCUT2D eigenvalue weighted by atomic mass is 32.2. The molecule has 30 heavy (non-hydrogen) atoms. The normalized spacial score (nSPS) is 23.2. The van der Waals surface area contributed by atoms with Gasteiger partial charge < -0.3 is 15.2 Å². The van der Waals surface area contributed by atoms with Crippen molar-refractivity contribution in [3.8, 4) is 0 Å². The van der Waals surface area contributed by atoms with Gasteiger partial charge >= 0.3 is 6.03 Å². The number of imide groups is 1. The van der Waals surface area contributed by atoms with Crippen molar-refractivity contribution >= 4 is 38.6 Å². The zero-order valence-corrected chi connectivity index (χ0v) is 17.4. The first-order valence-corrected chi connectivity index (χ1v) is 11.8. The van der Waals surface area contributed by atoms with Gasteiger partial charge in [0.2, 0.25) is 5.91 Å². The van der Waals surface area contributed by atoms with Crippen LogP contribution in [0.1, 0.15) is 18.9 Å². The molecule has 160 valence electrons. The first-order chi connectivity index (χ1) is 14.3. The number of amides is 4. The number of urea groups is 1. The number of carbonyl (C=O) groups is 3. The fourth-order valence-corrected chi connectivity index (χ4v) is 6.00. The van der Waals surface area contributed by atoms with Crippen molar-refractivity contribution < 1.29 is 22.8 Å². The van der Waals surface area contributed by atoms with Gasteiger partial charge in [-0.3, -0.25) is 14.5 Å². The summed E-state index contributed by atoms with van der Waals surface area (Å²) in [5.41, 5.74) is 1.85. The Labute approximate surface area is 174 Å². The Hall–Kier alpha value is -2.88. The van der Waals surface area contributed by atoms with Gasteiger partial charge in [0, 0.05) is 36.1 Å². The number of sulfone groups is 1. The Morgan fingerprint density at radius 3 is 2.73 bits per heavy atom. The molecule has 2 fully saturated rings. The van der Waals surface area contributed by atoms with Crippen LogP contribution in [0.15, 0.2) is 30.5 Å². The molecule has 1 aromatic carbocycles. The van der Waals surface area contributed by atoms with Crippen LogP contribution in [0.4, 0.5) is 4.79 Å². The molecule has 0 spiro atoms. The molecule has 2 aliphatic rings. The molecule has 2 aromatic rings. The highest BCUT2D eigenvalue weighted by molar-refractivity contribution is 7.91. The fraction of sp³-hybridized carbons (Fsp3) is 0.450. The molecule has 2 unspecified atom stereocenters. The van der Waals surface area contributed by atoms with E-state index in [0.717, 1.165) is 21.4 Å². The van der Waals surface area contributed by atoms with E-state index in [2.05, 4.69) is 10.3 Å². The molecule has 2 atom stereocenters. The summed E-state index contributed by atoms with van der Waals surface area (Å²) < 4.78 is 23.5. The molecule has 0 saturated carbocycles. The van der Waals surface area contributed by atoms with E-state index in [9.17, 15) is 22.8 Å². The summed E-state index contributed by atoms with van der Waals surface area (Å²) in [6, 6.07) is 5.94. The van der Waals surface area contributed by atoms with Gasteiger partial charge in [0.1, 0.15) is 12.6 Å². The summed E-state index contributed by atoms with van der Waals surface area (Å²) in [7, 11) is -3.15. The molecular weight excluding hydrogens is 408 g/mol. The number of para-hydroxylation sites is 1. The Bertz CT molecular complexity index is 1110. The van der Waals surface area contributed by atoms with Crippen molar-refractivity contribution in [2.75, 3.05) is 24.6 Å². The number of carbonyl (C=O) groups excluding carboxylic acids is 3. The molecule has 0 bridgehead atoms. The smallest absolute Gasteiger partial charge is 0.325 e. The lowest BCUT2D eigenvalue weighted by atomic mass is 10.1. The maximum absolute atomic E-state index is 12.8. The average molecular weight is 433 g/mol. The number of hydrogen-bond acceptors (Lipinski definition) is 5. The third-order valence-corrected chi connectivity index (χ3v) is 7.56. The van der Waals surface area contributed by atoms with Crippen LogP contribution in [0, 0.1) is 0 Å². The Kier molecular flexibility index (Phi) is 5.27. The second kappa shape index (κ2) is 7.75. The van der Waals surface area contributed by atoms with Crippen LogP contribution in [0.25, 0.3) is 10.9 Å². The molecule has 9 nitrogen and oxygen atoms in total. The van der Waals surface area contributed by atoms with Crippen molar-refractivity contribution in [1.29, 1.82) is 0 Å². The lowest BCUT2D eigenvalue weighted by molar-refractivity contribution is -0.138. The van der Waals surface area contributed by atoms with E-state index >= 15 is 0 Å². The number of nitrogens with one attached hydrogen (secondary N) is 2. The SMILES string of the molecule is CCN(C(=O)CN1C(=O)NC(Cc2c[nH]c3ccccc23)C1=O)C1CCS(=O)(=O)C1. The number of benzene rings is 1. The van der Waals surface area contributed by atoms with E-state index in [-0.39, 0.29) is 18.1 Å². The van der Waals surface area contributed by atoms with E-state index in [1.165, 1.54) is 4.90 Å². The minimum absolute atomic E-state index is 0.0529. The number of hydrogen-bond donors (Lipinski definition) is 2. The van der Waals surface area contributed by atoms with Gasteiger partial charge in [-0.15, -0.1) is 0 Å². The van der Waals surface area contributed by atoms with Crippen LogP contribution in [0.5, 0.6) is 0 Å². The van der Waals surface area contributed by atoms with Crippen molar-refractivity contribution in [2.45, 2.75) is 31.8 Å². The summed E-state index contributed by atoms with van der Waals surface area (Å²) in [4.78, 5) is 43.5. The highest BCUT2D eigenvalue weighted by Gasteiger charge is 2.41. The van der Waals surface area contributed by atoms with Crippen LogP contribution < -0.4 is 5.32 Å². The van der Waals surface area contributed by atoms with Crippen LogP contribution in [-0.2, 0) is 25.8 Å². The number of likely N-dealkylation sites (N-methyl/N-ethyl adjacent to an activating group) is 1. The van der Waals surface area contributed by atoms with Crippen LogP contribution in [0.2, 0.25) is 0 Å². The van der Waals surface area contributed by atoms with Gasteiger partial charge in [0.25, 0.3) is 5.91 Å². The lowest BCUT2D eigenvalue weighted by Crippen LogP contribution is -2.47. The number of fused-ring (bicyclic) bond motifs is 1. The number of nitrogens with zero attached hydrogens (tertiary/aromatic N) is 2. The lowest BCUT2D eigenvalue weighted by Gasteiger charge is -2.28. The van der Waals surface area contributed by atoms with E-state index < -0.39 is 39.8 Å². The van der Waals surface area contributed by atoms with Crippen molar-refractivity contribution in [1.82, 2.24) is 20.1 Å². The molecule has 2 N–H and O–H groups in total. The molecule has 1 aromatic heterocycles. The van der Waals surface area contributed by atoms with Crippen molar-refractivity contribution in [3.05, 3.63) is 36.0 Å². The fourth-order valence-electron chi connectivity index (χ4n) is 4.27. The molecule has 10 heteroatoms. The first kappa shape index (κ1) is 20.4. The minimum Gasteiger partial charge on any atom is -0.361 e. The number of rotatable bonds is 6. The molecule has 0 radical (unpaired) electrons. The van der Waals surface area contributed by atoms with Crippen molar-refractivity contribution in [3.63, 3.8) is 0 Å². The third-order valence-electron chi connectivity index (χ3n) is 5.81. The van der Waals surface area contributed by atoms with Gasteiger partial charge in [0.15, 0.2) is 9.84 Å². The van der Waals surface area contributed by atoms with E-state index in [4.69, 9.17) is 0 Å². The van der Waals surface area contributed by atoms with Gasteiger partial charge in [-0.2, -0.15) is 0 Å². The summed E-state index contributed by atoms with van der Waals surface area (Å²) in [6.45, 7) is 1.69. The standard InChI is InChI=1S/C20H24N4O5S/c1-2-23(14-7-8-30(28,29)12-14)18(25)11-24-19(26)17(22-20(24)27)9-13-10-21-16-6-4-3-5-15(13)16/h3-6,10,14,17,21H,2,7-9,11-12H2,1H3,(H,22,27). The third kappa shape index (κ3) is 3.79. The Morgan fingerprint density at radius 1 is 1.27 bits per heavy atom. The molecule has 4 rings (SSSR count). The molecule has 0 aliphatic carbocycles. The minimum atomic E-state index is -3.15. The van der Waals surface area contributed by atoms with E-state index in [1.54, 1.807) is 6.92 Å². The van der Waals surface area contributed by atoms with Crippen LogP contribution in [-0.4, -0.2) is 77.7 Å².